The molecule has 1 heterocycles. The van der Waals surface area contributed by atoms with Gasteiger partial charge in [-0.15, -0.1) is 11.3 Å². The molecule has 0 fully saturated rings. The molecule has 1 unspecified atom stereocenters. The Morgan fingerprint density at radius 2 is 2.15 bits per heavy atom. The highest BCUT2D eigenvalue weighted by Gasteiger charge is 2.28. The van der Waals surface area contributed by atoms with Gasteiger partial charge in [-0.25, -0.2) is 0 Å². The van der Waals surface area contributed by atoms with Crippen LogP contribution in [0.2, 0.25) is 0 Å². The van der Waals surface area contributed by atoms with Crippen molar-refractivity contribution in [1.82, 2.24) is 0 Å². The summed E-state index contributed by atoms with van der Waals surface area (Å²) in [6.45, 7) is 6.19. The normalized spacial score (nSPS) is 14.5. The monoisotopic (exact) mass is 216 g/mol. The van der Waals surface area contributed by atoms with Crippen LogP contribution in [0, 0.1) is 6.92 Å². The maximum Gasteiger partial charge on any atom is 0.0939 e. The molecule has 3 heteroatoms. The molecule has 0 aromatic carbocycles. The number of thioether (sulfide) groups is 1. The summed E-state index contributed by atoms with van der Waals surface area (Å²) in [6, 6.07) is 2.06. The molecule has 0 aliphatic carbocycles. The van der Waals surface area contributed by atoms with Crippen LogP contribution in [0.25, 0.3) is 0 Å². The summed E-state index contributed by atoms with van der Waals surface area (Å²) < 4.78 is -0.104. The van der Waals surface area contributed by atoms with Gasteiger partial charge in [0.1, 0.15) is 0 Å². The lowest BCUT2D eigenvalue weighted by Gasteiger charge is -2.27. The van der Waals surface area contributed by atoms with Gasteiger partial charge in [-0.05, 0) is 44.0 Å². The SMILES string of the molecule is CSC(C)(C)C(O)c1csc(C)c1. The number of thiophene rings is 1. The second-order valence-electron chi connectivity index (χ2n) is 3.70. The number of hydrogen-bond acceptors (Lipinski definition) is 3. The van der Waals surface area contributed by atoms with E-state index in [0.717, 1.165) is 5.56 Å². The molecule has 0 amide bonds. The van der Waals surface area contributed by atoms with Crippen LogP contribution >= 0.6 is 23.1 Å². The molecule has 1 atom stereocenters. The van der Waals surface area contributed by atoms with E-state index in [1.165, 1.54) is 4.88 Å². The third-order valence-electron chi connectivity index (χ3n) is 2.25. The minimum Gasteiger partial charge on any atom is -0.387 e. The van der Waals surface area contributed by atoms with Crippen molar-refractivity contribution in [3.63, 3.8) is 0 Å². The van der Waals surface area contributed by atoms with Crippen LogP contribution in [0.5, 0.6) is 0 Å². The van der Waals surface area contributed by atoms with Gasteiger partial charge in [0, 0.05) is 9.62 Å². The lowest BCUT2D eigenvalue weighted by molar-refractivity contribution is 0.145. The molecule has 13 heavy (non-hydrogen) atoms. The minimum absolute atomic E-state index is 0.104. The summed E-state index contributed by atoms with van der Waals surface area (Å²) >= 11 is 3.38. The van der Waals surface area contributed by atoms with E-state index in [9.17, 15) is 5.11 Å². The highest BCUT2D eigenvalue weighted by molar-refractivity contribution is 7.99. The van der Waals surface area contributed by atoms with Gasteiger partial charge < -0.3 is 5.11 Å². The van der Waals surface area contributed by atoms with Crippen molar-refractivity contribution in [1.29, 1.82) is 0 Å². The van der Waals surface area contributed by atoms with Gasteiger partial charge in [0.25, 0.3) is 0 Å². The fourth-order valence-electron chi connectivity index (χ4n) is 1.12. The Balaban J connectivity index is 2.84. The van der Waals surface area contributed by atoms with Crippen molar-refractivity contribution in [2.24, 2.45) is 0 Å². The van der Waals surface area contributed by atoms with E-state index in [4.69, 9.17) is 0 Å². The van der Waals surface area contributed by atoms with E-state index < -0.39 is 0 Å². The molecule has 1 rings (SSSR count). The molecule has 0 saturated heterocycles. The minimum atomic E-state index is -0.368. The third kappa shape index (κ3) is 2.48. The van der Waals surface area contributed by atoms with Gasteiger partial charge in [0.2, 0.25) is 0 Å². The first kappa shape index (κ1) is 11.1. The van der Waals surface area contributed by atoms with Crippen LogP contribution in [0.15, 0.2) is 11.4 Å². The molecule has 0 aliphatic heterocycles. The summed E-state index contributed by atoms with van der Waals surface area (Å²) in [4.78, 5) is 1.26. The maximum absolute atomic E-state index is 10.0. The van der Waals surface area contributed by atoms with Crippen molar-refractivity contribution in [3.8, 4) is 0 Å². The number of rotatable bonds is 3. The van der Waals surface area contributed by atoms with E-state index in [2.05, 4.69) is 26.8 Å². The second-order valence-corrected chi connectivity index (χ2v) is 6.28. The lowest BCUT2D eigenvalue weighted by Crippen LogP contribution is -2.24. The third-order valence-corrected chi connectivity index (χ3v) is 4.41. The van der Waals surface area contributed by atoms with Gasteiger partial charge in [-0.1, -0.05) is 0 Å². The second kappa shape index (κ2) is 4.03. The van der Waals surface area contributed by atoms with Gasteiger partial charge in [0.05, 0.1) is 6.10 Å². The summed E-state index contributed by atoms with van der Waals surface area (Å²) in [6.07, 6.45) is 1.66. The Hall–Kier alpha value is 0.0100. The van der Waals surface area contributed by atoms with Crippen LogP contribution in [0.3, 0.4) is 0 Å². The molecule has 1 nitrogen and oxygen atoms in total. The molecule has 0 aliphatic rings. The Labute approximate surface area is 88.2 Å². The molecule has 1 aromatic rings. The van der Waals surface area contributed by atoms with Crippen molar-refractivity contribution >= 4 is 23.1 Å². The van der Waals surface area contributed by atoms with Crippen LogP contribution in [-0.4, -0.2) is 16.1 Å². The Bertz CT molecular complexity index is 278. The van der Waals surface area contributed by atoms with Crippen LogP contribution in [0.4, 0.5) is 0 Å². The number of hydrogen-bond donors (Lipinski definition) is 1. The number of aliphatic hydroxyl groups excluding tert-OH is 1. The standard InChI is InChI=1S/C10H16OS2/c1-7-5-8(6-13-7)9(11)10(2,3)12-4/h5-6,9,11H,1-4H3. The molecule has 74 valence electrons. The summed E-state index contributed by atoms with van der Waals surface area (Å²) in [5, 5.41) is 12.1. The number of aryl methyl sites for hydroxylation is 1. The molecule has 1 N–H and O–H groups in total. The zero-order valence-corrected chi connectivity index (χ0v) is 10.1. The average Bonchev–Trinajstić information content (AvgIpc) is 2.50. The first-order valence-corrected chi connectivity index (χ1v) is 6.36. The molecule has 0 bridgehead atoms. The Kier molecular flexibility index (Phi) is 3.44. The average molecular weight is 216 g/mol. The van der Waals surface area contributed by atoms with E-state index >= 15 is 0 Å². The van der Waals surface area contributed by atoms with E-state index in [0.29, 0.717) is 0 Å². The smallest absolute Gasteiger partial charge is 0.0939 e. The van der Waals surface area contributed by atoms with E-state index in [1.807, 2.05) is 11.6 Å². The topological polar surface area (TPSA) is 20.2 Å². The molecular formula is C10H16OS2. The van der Waals surface area contributed by atoms with Crippen molar-refractivity contribution in [2.45, 2.75) is 31.6 Å². The zero-order valence-electron chi connectivity index (χ0n) is 8.50. The fraction of sp³-hybridized carbons (Fsp3) is 0.600. The molecule has 0 spiro atoms. The van der Waals surface area contributed by atoms with Gasteiger partial charge in [-0.2, -0.15) is 11.8 Å². The van der Waals surface area contributed by atoms with Crippen molar-refractivity contribution in [2.75, 3.05) is 6.26 Å². The summed E-state index contributed by atoms with van der Waals surface area (Å²) in [5.41, 5.74) is 1.04. The Morgan fingerprint density at radius 3 is 2.54 bits per heavy atom. The van der Waals surface area contributed by atoms with Gasteiger partial charge in [0.15, 0.2) is 0 Å². The van der Waals surface area contributed by atoms with Crippen molar-refractivity contribution < 1.29 is 5.11 Å². The summed E-state index contributed by atoms with van der Waals surface area (Å²) in [7, 11) is 0. The first-order valence-electron chi connectivity index (χ1n) is 4.25. The zero-order chi connectivity index (χ0) is 10.1. The van der Waals surface area contributed by atoms with E-state index in [-0.39, 0.29) is 10.9 Å². The highest BCUT2D eigenvalue weighted by Crippen LogP contribution is 2.37. The fourth-order valence-corrected chi connectivity index (χ4v) is 2.20. The van der Waals surface area contributed by atoms with Gasteiger partial charge in [-0.3, -0.25) is 0 Å². The van der Waals surface area contributed by atoms with Crippen LogP contribution in [-0.2, 0) is 0 Å². The van der Waals surface area contributed by atoms with Crippen molar-refractivity contribution in [3.05, 3.63) is 21.9 Å². The number of aliphatic hydroxyl groups is 1. The predicted octanol–water partition coefficient (Wildman–Crippen LogP) is 3.23. The Morgan fingerprint density at radius 1 is 1.54 bits per heavy atom. The maximum atomic E-state index is 10.0. The molecule has 1 aromatic heterocycles. The first-order chi connectivity index (χ1) is 5.97. The molecular weight excluding hydrogens is 200 g/mol. The van der Waals surface area contributed by atoms with Gasteiger partial charge >= 0.3 is 0 Å². The lowest BCUT2D eigenvalue weighted by atomic mass is 10.0. The van der Waals surface area contributed by atoms with E-state index in [1.54, 1.807) is 23.1 Å². The van der Waals surface area contributed by atoms with Crippen LogP contribution in [0.1, 0.15) is 30.4 Å². The quantitative estimate of drug-likeness (QED) is 0.837. The highest BCUT2D eigenvalue weighted by atomic mass is 32.2. The predicted molar refractivity (Wildman–Crippen MR) is 61.6 cm³/mol. The summed E-state index contributed by atoms with van der Waals surface area (Å²) in [5.74, 6) is 0. The molecule has 0 radical (unpaired) electrons. The van der Waals surface area contributed by atoms with Crippen LogP contribution < -0.4 is 0 Å². The largest absolute Gasteiger partial charge is 0.387 e. The molecule has 0 saturated carbocycles.